The Morgan fingerprint density at radius 1 is 1.16 bits per heavy atom. The van der Waals surface area contributed by atoms with Gasteiger partial charge in [-0.2, -0.15) is 0 Å². The van der Waals surface area contributed by atoms with E-state index in [1.54, 1.807) is 0 Å². The number of rotatable bonds is 4. The van der Waals surface area contributed by atoms with Crippen LogP contribution in [0.25, 0.3) is 0 Å². The molecular formula is C18H26N2O4S. The molecule has 2 saturated heterocycles. The van der Waals surface area contributed by atoms with Crippen molar-refractivity contribution in [3.8, 4) is 5.75 Å². The lowest BCUT2D eigenvalue weighted by Gasteiger charge is -2.37. The summed E-state index contributed by atoms with van der Waals surface area (Å²) in [6.45, 7) is 6.72. The fourth-order valence-electron chi connectivity index (χ4n) is 3.65. The number of benzene rings is 1. The Kier molecular flexibility index (Phi) is 5.34. The number of sulfone groups is 1. The summed E-state index contributed by atoms with van der Waals surface area (Å²) in [5, 5.41) is 0. The van der Waals surface area contributed by atoms with Crippen LogP contribution >= 0.6 is 0 Å². The molecule has 1 aromatic carbocycles. The number of hydrogen-bond donors (Lipinski definition) is 0. The first-order chi connectivity index (χ1) is 11.9. The van der Waals surface area contributed by atoms with Crippen molar-refractivity contribution >= 4 is 15.7 Å². The lowest BCUT2D eigenvalue weighted by molar-refractivity contribution is -0.135. The minimum atomic E-state index is -2.86. The number of amides is 1. The first-order valence-corrected chi connectivity index (χ1v) is 10.6. The summed E-state index contributed by atoms with van der Waals surface area (Å²) in [6, 6.07) is 6.04. The average Bonchev–Trinajstić information content (AvgIpc) is 2.94. The van der Waals surface area contributed by atoms with Crippen molar-refractivity contribution in [1.29, 1.82) is 0 Å². The second kappa shape index (κ2) is 7.33. The summed E-state index contributed by atoms with van der Waals surface area (Å²) < 4.78 is 29.0. The van der Waals surface area contributed by atoms with Crippen LogP contribution < -0.4 is 4.74 Å². The van der Waals surface area contributed by atoms with Crippen LogP contribution in [0.5, 0.6) is 5.75 Å². The second-order valence-corrected chi connectivity index (χ2v) is 9.21. The molecule has 0 aromatic heterocycles. The predicted octanol–water partition coefficient (Wildman–Crippen LogP) is 1.01. The Bertz CT molecular complexity index is 719. The molecule has 2 fully saturated rings. The number of aryl methyl sites for hydroxylation is 2. The Hall–Kier alpha value is -1.60. The first-order valence-electron chi connectivity index (χ1n) is 8.77. The highest BCUT2D eigenvalue weighted by Crippen LogP contribution is 2.23. The number of carbonyl (C=O) groups is 1. The second-order valence-electron chi connectivity index (χ2n) is 6.98. The van der Waals surface area contributed by atoms with Crippen LogP contribution in [0.15, 0.2) is 18.2 Å². The number of carbonyl (C=O) groups excluding carboxylic acids is 1. The number of hydrogen-bond acceptors (Lipinski definition) is 5. The summed E-state index contributed by atoms with van der Waals surface area (Å²) in [6.07, 6.45) is 0.714. The summed E-state index contributed by atoms with van der Waals surface area (Å²) in [7, 11) is -2.86. The first kappa shape index (κ1) is 18.2. The van der Waals surface area contributed by atoms with E-state index in [4.69, 9.17) is 4.74 Å². The number of para-hydroxylation sites is 1. The topological polar surface area (TPSA) is 66.9 Å². The maximum absolute atomic E-state index is 12.4. The molecule has 1 aromatic rings. The van der Waals surface area contributed by atoms with Gasteiger partial charge in [0.15, 0.2) is 16.4 Å². The highest BCUT2D eigenvalue weighted by molar-refractivity contribution is 7.91. The molecule has 7 heteroatoms. The van der Waals surface area contributed by atoms with Gasteiger partial charge in [0.2, 0.25) is 0 Å². The molecule has 25 heavy (non-hydrogen) atoms. The number of nitrogens with zero attached hydrogens (tertiary/aromatic N) is 2. The largest absolute Gasteiger partial charge is 0.483 e. The Labute approximate surface area is 149 Å². The van der Waals surface area contributed by atoms with Gasteiger partial charge < -0.3 is 9.64 Å². The van der Waals surface area contributed by atoms with Crippen molar-refractivity contribution in [3.63, 3.8) is 0 Å². The average molecular weight is 366 g/mol. The normalized spacial score (nSPS) is 23.6. The van der Waals surface area contributed by atoms with Gasteiger partial charge in [0, 0.05) is 32.2 Å². The maximum atomic E-state index is 12.4. The lowest BCUT2D eigenvalue weighted by atomic mass is 10.1. The van der Waals surface area contributed by atoms with Crippen LogP contribution in [0.4, 0.5) is 0 Å². The molecular weight excluding hydrogens is 340 g/mol. The number of ether oxygens (including phenoxy) is 1. The molecule has 1 unspecified atom stereocenters. The van der Waals surface area contributed by atoms with Crippen LogP contribution in [-0.4, -0.2) is 74.5 Å². The van der Waals surface area contributed by atoms with Crippen LogP contribution in [0.3, 0.4) is 0 Å². The quantitative estimate of drug-likeness (QED) is 0.796. The summed E-state index contributed by atoms with van der Waals surface area (Å²) in [5.41, 5.74) is 2.06. The van der Waals surface area contributed by atoms with E-state index in [0.717, 1.165) is 30.0 Å². The molecule has 1 amide bonds. The van der Waals surface area contributed by atoms with Crippen LogP contribution in [0, 0.1) is 13.8 Å². The highest BCUT2D eigenvalue weighted by atomic mass is 32.2. The minimum Gasteiger partial charge on any atom is -0.483 e. The summed E-state index contributed by atoms with van der Waals surface area (Å²) >= 11 is 0. The van der Waals surface area contributed by atoms with E-state index in [-0.39, 0.29) is 24.3 Å². The molecule has 3 rings (SSSR count). The molecule has 0 aliphatic carbocycles. The molecule has 1 atom stereocenters. The zero-order valence-electron chi connectivity index (χ0n) is 14.9. The van der Waals surface area contributed by atoms with Crippen molar-refractivity contribution in [1.82, 2.24) is 9.80 Å². The van der Waals surface area contributed by atoms with Gasteiger partial charge >= 0.3 is 0 Å². The van der Waals surface area contributed by atoms with Crippen LogP contribution in [0.2, 0.25) is 0 Å². The number of piperazine rings is 1. The van der Waals surface area contributed by atoms with E-state index in [2.05, 4.69) is 4.90 Å². The summed E-state index contributed by atoms with van der Waals surface area (Å²) in [4.78, 5) is 16.4. The lowest BCUT2D eigenvalue weighted by Crippen LogP contribution is -2.53. The third-order valence-corrected chi connectivity index (χ3v) is 6.89. The monoisotopic (exact) mass is 366 g/mol. The van der Waals surface area contributed by atoms with E-state index < -0.39 is 9.84 Å². The van der Waals surface area contributed by atoms with Crippen LogP contribution in [-0.2, 0) is 14.6 Å². The summed E-state index contributed by atoms with van der Waals surface area (Å²) in [5.74, 6) is 1.32. The molecule has 2 aliphatic heterocycles. The van der Waals surface area contributed by atoms with Crippen LogP contribution in [0.1, 0.15) is 17.5 Å². The highest BCUT2D eigenvalue weighted by Gasteiger charge is 2.34. The molecule has 138 valence electrons. The van der Waals surface area contributed by atoms with Crippen molar-refractivity contribution in [2.45, 2.75) is 26.3 Å². The van der Waals surface area contributed by atoms with E-state index in [9.17, 15) is 13.2 Å². The van der Waals surface area contributed by atoms with Gasteiger partial charge in [0.05, 0.1) is 11.5 Å². The van der Waals surface area contributed by atoms with Gasteiger partial charge in [-0.05, 0) is 31.4 Å². The standard InChI is InChI=1S/C18H26N2O4S/c1-14-4-3-5-15(2)18(14)24-12-17(21)20-9-7-19(8-10-20)16-6-11-25(22,23)13-16/h3-5,16H,6-13H2,1-2H3. The van der Waals surface area contributed by atoms with E-state index in [1.807, 2.05) is 36.9 Å². The zero-order chi connectivity index (χ0) is 18.0. The van der Waals surface area contributed by atoms with Gasteiger partial charge in [-0.25, -0.2) is 8.42 Å². The van der Waals surface area contributed by atoms with Gasteiger partial charge in [-0.15, -0.1) is 0 Å². The van der Waals surface area contributed by atoms with Gasteiger partial charge in [-0.1, -0.05) is 18.2 Å². The van der Waals surface area contributed by atoms with E-state index >= 15 is 0 Å². The Balaban J connectivity index is 1.49. The van der Waals surface area contributed by atoms with Crippen molar-refractivity contribution < 1.29 is 17.9 Å². The molecule has 2 aliphatic rings. The van der Waals surface area contributed by atoms with Gasteiger partial charge in [-0.3, -0.25) is 9.69 Å². The Morgan fingerprint density at radius 2 is 1.80 bits per heavy atom. The molecule has 6 nitrogen and oxygen atoms in total. The van der Waals surface area contributed by atoms with Crippen molar-refractivity contribution in [3.05, 3.63) is 29.3 Å². The molecule has 0 saturated carbocycles. The fourth-order valence-corrected chi connectivity index (χ4v) is 5.41. The molecule has 0 bridgehead atoms. The van der Waals surface area contributed by atoms with E-state index in [1.165, 1.54) is 0 Å². The third-order valence-electron chi connectivity index (χ3n) is 5.14. The zero-order valence-corrected chi connectivity index (χ0v) is 15.7. The smallest absolute Gasteiger partial charge is 0.260 e. The van der Waals surface area contributed by atoms with Crippen molar-refractivity contribution in [2.24, 2.45) is 0 Å². The fraction of sp³-hybridized carbons (Fsp3) is 0.611. The third kappa shape index (κ3) is 4.33. The maximum Gasteiger partial charge on any atom is 0.260 e. The van der Waals surface area contributed by atoms with Gasteiger partial charge in [0.25, 0.3) is 5.91 Å². The minimum absolute atomic E-state index is 0.0126. The van der Waals surface area contributed by atoms with Crippen molar-refractivity contribution in [2.75, 3.05) is 44.3 Å². The molecule has 0 radical (unpaired) electrons. The van der Waals surface area contributed by atoms with E-state index in [0.29, 0.717) is 25.3 Å². The SMILES string of the molecule is Cc1cccc(C)c1OCC(=O)N1CCN(C2CCS(=O)(=O)C2)CC1. The molecule has 0 spiro atoms. The molecule has 0 N–H and O–H groups in total. The predicted molar refractivity (Wildman–Crippen MR) is 96.6 cm³/mol. The van der Waals surface area contributed by atoms with Gasteiger partial charge in [0.1, 0.15) is 5.75 Å². The Morgan fingerprint density at radius 3 is 2.36 bits per heavy atom. The molecule has 2 heterocycles.